The van der Waals surface area contributed by atoms with Crippen LogP contribution in [0.4, 0.5) is 11.4 Å². The van der Waals surface area contributed by atoms with Crippen molar-refractivity contribution in [2.24, 2.45) is 0 Å². The van der Waals surface area contributed by atoms with Gasteiger partial charge in [-0.25, -0.2) is 4.98 Å². The van der Waals surface area contributed by atoms with Crippen LogP contribution in [-0.4, -0.2) is 15.2 Å². The molecule has 5 nitrogen and oxygen atoms in total. The molecular formula is C10H12ClN5. The van der Waals surface area contributed by atoms with Crippen molar-refractivity contribution in [3.63, 3.8) is 0 Å². The molecular weight excluding hydrogens is 226 g/mol. The van der Waals surface area contributed by atoms with Crippen molar-refractivity contribution in [3.05, 3.63) is 35.4 Å². The highest BCUT2D eigenvalue weighted by Crippen LogP contribution is 2.28. The van der Waals surface area contributed by atoms with E-state index >= 15 is 0 Å². The molecule has 0 amide bonds. The van der Waals surface area contributed by atoms with Gasteiger partial charge in [-0.3, -0.25) is 5.10 Å². The van der Waals surface area contributed by atoms with Crippen molar-refractivity contribution < 1.29 is 0 Å². The number of halogens is 1. The fourth-order valence-corrected chi connectivity index (χ4v) is 1.56. The zero-order valence-electron chi connectivity index (χ0n) is 8.74. The number of rotatable bonds is 3. The van der Waals surface area contributed by atoms with Crippen molar-refractivity contribution in [3.8, 4) is 0 Å². The molecule has 1 heterocycles. The summed E-state index contributed by atoms with van der Waals surface area (Å²) in [5, 5.41) is 10.3. The molecule has 1 aromatic carbocycles. The third kappa shape index (κ3) is 2.09. The monoisotopic (exact) mass is 237 g/mol. The maximum absolute atomic E-state index is 5.92. The molecule has 0 fully saturated rings. The number of nitrogens with one attached hydrogen (secondary N) is 2. The average Bonchev–Trinajstić information content (AvgIpc) is 2.78. The van der Waals surface area contributed by atoms with Crippen LogP contribution in [0, 0.1) is 0 Å². The first kappa shape index (κ1) is 10.8. The van der Waals surface area contributed by atoms with Gasteiger partial charge in [0.2, 0.25) is 0 Å². The first-order chi connectivity index (χ1) is 7.68. The number of para-hydroxylation sites is 1. The second-order valence-corrected chi connectivity index (χ2v) is 3.85. The van der Waals surface area contributed by atoms with Gasteiger partial charge in [-0.05, 0) is 19.1 Å². The normalized spacial score (nSPS) is 12.4. The number of nitrogens with two attached hydrogens (primary N) is 1. The lowest BCUT2D eigenvalue weighted by atomic mass is 10.2. The molecule has 0 aliphatic heterocycles. The predicted molar refractivity (Wildman–Crippen MR) is 64.3 cm³/mol. The van der Waals surface area contributed by atoms with Gasteiger partial charge in [0.25, 0.3) is 0 Å². The zero-order chi connectivity index (χ0) is 11.5. The van der Waals surface area contributed by atoms with Crippen molar-refractivity contribution in [2.75, 3.05) is 11.1 Å². The Bertz CT molecular complexity index is 468. The Morgan fingerprint density at radius 1 is 1.50 bits per heavy atom. The Morgan fingerprint density at radius 2 is 2.31 bits per heavy atom. The number of nitrogens with zero attached hydrogens (tertiary/aromatic N) is 2. The fraction of sp³-hybridized carbons (Fsp3) is 0.200. The first-order valence-corrected chi connectivity index (χ1v) is 5.22. The summed E-state index contributed by atoms with van der Waals surface area (Å²) in [7, 11) is 0. The highest BCUT2D eigenvalue weighted by Gasteiger charge is 2.10. The average molecular weight is 238 g/mol. The standard InChI is InChI=1S/C10H12ClN5/c1-6(10-13-5-14-16-10)15-8-4-2-3-7(11)9(8)12/h2-6,15H,12H2,1H3,(H,13,14,16). The molecule has 0 spiro atoms. The molecule has 0 saturated carbocycles. The van der Waals surface area contributed by atoms with Crippen LogP contribution >= 0.6 is 11.6 Å². The Labute approximate surface area is 98.0 Å². The minimum Gasteiger partial charge on any atom is -0.396 e. The minimum atomic E-state index is -0.0109. The van der Waals surface area contributed by atoms with Crippen LogP contribution < -0.4 is 11.1 Å². The van der Waals surface area contributed by atoms with Gasteiger partial charge in [-0.2, -0.15) is 5.10 Å². The maximum atomic E-state index is 5.92. The summed E-state index contributed by atoms with van der Waals surface area (Å²) in [6, 6.07) is 5.45. The van der Waals surface area contributed by atoms with E-state index in [-0.39, 0.29) is 6.04 Å². The van der Waals surface area contributed by atoms with E-state index in [2.05, 4.69) is 20.5 Å². The molecule has 6 heteroatoms. The van der Waals surface area contributed by atoms with Crippen molar-refractivity contribution in [1.82, 2.24) is 15.2 Å². The van der Waals surface area contributed by atoms with Gasteiger partial charge in [0.15, 0.2) is 0 Å². The van der Waals surface area contributed by atoms with E-state index < -0.39 is 0 Å². The second-order valence-electron chi connectivity index (χ2n) is 3.44. The third-order valence-corrected chi connectivity index (χ3v) is 2.60. The number of aromatic amines is 1. The number of hydrogen-bond donors (Lipinski definition) is 3. The summed E-state index contributed by atoms with van der Waals surface area (Å²) in [5.41, 5.74) is 7.17. The molecule has 84 valence electrons. The van der Waals surface area contributed by atoms with Crippen LogP contribution in [0.2, 0.25) is 5.02 Å². The number of benzene rings is 1. The molecule has 16 heavy (non-hydrogen) atoms. The van der Waals surface area contributed by atoms with E-state index in [9.17, 15) is 0 Å². The van der Waals surface area contributed by atoms with Crippen LogP contribution in [0.5, 0.6) is 0 Å². The van der Waals surface area contributed by atoms with Gasteiger partial charge < -0.3 is 11.1 Å². The van der Waals surface area contributed by atoms with Gasteiger partial charge in [-0.15, -0.1) is 0 Å². The summed E-state index contributed by atoms with van der Waals surface area (Å²) >= 11 is 5.92. The number of aromatic nitrogens is 3. The van der Waals surface area contributed by atoms with E-state index in [1.807, 2.05) is 19.1 Å². The lowest BCUT2D eigenvalue weighted by Gasteiger charge is -2.14. The summed E-state index contributed by atoms with van der Waals surface area (Å²) in [4.78, 5) is 4.06. The van der Waals surface area contributed by atoms with Crippen LogP contribution in [0.15, 0.2) is 24.5 Å². The number of nitrogen functional groups attached to an aromatic ring is 1. The fourth-order valence-electron chi connectivity index (χ4n) is 1.39. The number of H-pyrrole nitrogens is 1. The summed E-state index contributed by atoms with van der Waals surface area (Å²) < 4.78 is 0. The Balaban J connectivity index is 2.18. The smallest absolute Gasteiger partial charge is 0.146 e. The molecule has 0 aliphatic rings. The van der Waals surface area contributed by atoms with E-state index in [0.717, 1.165) is 11.5 Å². The Kier molecular flexibility index (Phi) is 2.96. The van der Waals surface area contributed by atoms with E-state index in [1.165, 1.54) is 6.33 Å². The number of anilines is 2. The van der Waals surface area contributed by atoms with E-state index in [1.54, 1.807) is 6.07 Å². The molecule has 0 aliphatic carbocycles. The third-order valence-electron chi connectivity index (χ3n) is 2.27. The van der Waals surface area contributed by atoms with E-state index in [4.69, 9.17) is 17.3 Å². The van der Waals surface area contributed by atoms with Crippen molar-refractivity contribution >= 4 is 23.0 Å². The molecule has 1 aromatic heterocycles. The lowest BCUT2D eigenvalue weighted by Crippen LogP contribution is -2.10. The molecule has 2 rings (SSSR count). The van der Waals surface area contributed by atoms with Crippen LogP contribution in [0.1, 0.15) is 18.8 Å². The molecule has 1 unspecified atom stereocenters. The number of hydrogen-bond acceptors (Lipinski definition) is 4. The van der Waals surface area contributed by atoms with Crippen LogP contribution in [-0.2, 0) is 0 Å². The Hall–Kier alpha value is -1.75. The molecule has 4 N–H and O–H groups in total. The van der Waals surface area contributed by atoms with Gasteiger partial charge in [0, 0.05) is 0 Å². The quantitative estimate of drug-likeness (QED) is 0.715. The van der Waals surface area contributed by atoms with Gasteiger partial charge in [0.1, 0.15) is 12.2 Å². The summed E-state index contributed by atoms with van der Waals surface area (Å²) in [6.45, 7) is 1.96. The highest BCUT2D eigenvalue weighted by atomic mass is 35.5. The van der Waals surface area contributed by atoms with Gasteiger partial charge in [-0.1, -0.05) is 17.7 Å². The second kappa shape index (κ2) is 4.40. The molecule has 2 aromatic rings. The van der Waals surface area contributed by atoms with Crippen LogP contribution in [0.3, 0.4) is 0 Å². The minimum absolute atomic E-state index is 0.0109. The largest absolute Gasteiger partial charge is 0.396 e. The SMILES string of the molecule is CC(Nc1cccc(Cl)c1N)c1ncn[nH]1. The zero-order valence-corrected chi connectivity index (χ0v) is 9.49. The van der Waals surface area contributed by atoms with E-state index in [0.29, 0.717) is 10.7 Å². The predicted octanol–water partition coefficient (Wildman–Crippen LogP) is 2.21. The summed E-state index contributed by atoms with van der Waals surface area (Å²) in [6.07, 6.45) is 1.47. The van der Waals surface area contributed by atoms with Crippen molar-refractivity contribution in [2.45, 2.75) is 13.0 Å². The topological polar surface area (TPSA) is 79.6 Å². The van der Waals surface area contributed by atoms with Gasteiger partial charge >= 0.3 is 0 Å². The Morgan fingerprint density at radius 3 is 3.00 bits per heavy atom. The maximum Gasteiger partial charge on any atom is 0.146 e. The lowest BCUT2D eigenvalue weighted by molar-refractivity contribution is 0.796. The molecule has 0 radical (unpaired) electrons. The summed E-state index contributed by atoms with van der Waals surface area (Å²) in [5.74, 6) is 0.749. The van der Waals surface area contributed by atoms with Gasteiger partial charge in [0.05, 0.1) is 22.4 Å². The highest BCUT2D eigenvalue weighted by molar-refractivity contribution is 6.33. The molecule has 0 saturated heterocycles. The molecule has 1 atom stereocenters. The molecule has 0 bridgehead atoms. The van der Waals surface area contributed by atoms with Crippen molar-refractivity contribution in [1.29, 1.82) is 0 Å². The first-order valence-electron chi connectivity index (χ1n) is 4.84. The van der Waals surface area contributed by atoms with Crippen LogP contribution in [0.25, 0.3) is 0 Å².